The third-order valence-corrected chi connectivity index (χ3v) is 6.85. The lowest BCUT2D eigenvalue weighted by Crippen LogP contribution is -2.44. The van der Waals surface area contributed by atoms with Crippen LogP contribution in [0.2, 0.25) is 0 Å². The molecule has 2 aliphatic rings. The van der Waals surface area contributed by atoms with E-state index in [1.165, 1.54) is 9.47 Å². The molecule has 0 spiro atoms. The first-order valence-electron chi connectivity index (χ1n) is 11.7. The van der Waals surface area contributed by atoms with Crippen LogP contribution in [0.25, 0.3) is 10.8 Å². The number of hydrogen-bond acceptors (Lipinski definition) is 4. The van der Waals surface area contributed by atoms with E-state index in [9.17, 15) is 31.5 Å². The van der Waals surface area contributed by atoms with Crippen LogP contribution >= 0.6 is 0 Å². The molecule has 0 radical (unpaired) electrons. The summed E-state index contributed by atoms with van der Waals surface area (Å²) in [6, 6.07) is 10.6. The minimum absolute atomic E-state index is 0.0262. The number of nitrogens with zero attached hydrogens (tertiary/aromatic N) is 5. The van der Waals surface area contributed by atoms with Crippen molar-refractivity contribution < 1.29 is 26.7 Å². The van der Waals surface area contributed by atoms with Crippen LogP contribution in [-0.2, 0) is 19.6 Å². The van der Waals surface area contributed by atoms with Crippen molar-refractivity contribution in [2.75, 3.05) is 24.5 Å². The molecule has 0 unspecified atom stereocenters. The second-order valence-electron chi connectivity index (χ2n) is 9.19. The van der Waals surface area contributed by atoms with Crippen LogP contribution < -0.4 is 10.6 Å². The van der Waals surface area contributed by atoms with Crippen molar-refractivity contribution >= 4 is 22.4 Å². The molecule has 0 saturated carbocycles. The first-order chi connectivity index (χ1) is 17.1. The Morgan fingerprint density at radius 1 is 1.11 bits per heavy atom. The molecule has 7 nitrogen and oxygen atoms in total. The highest BCUT2D eigenvalue weighted by atomic mass is 19.4. The Morgan fingerprint density at radius 3 is 2.67 bits per heavy atom. The van der Waals surface area contributed by atoms with Crippen molar-refractivity contribution in [3.05, 3.63) is 58.3 Å². The topological polar surface area (TPSA) is 63.4 Å². The van der Waals surface area contributed by atoms with Crippen LogP contribution in [0, 0.1) is 5.92 Å². The zero-order valence-electron chi connectivity index (χ0n) is 19.2. The van der Waals surface area contributed by atoms with Gasteiger partial charge in [0, 0.05) is 42.8 Å². The van der Waals surface area contributed by atoms with Gasteiger partial charge in [-0.05, 0) is 36.4 Å². The zero-order chi connectivity index (χ0) is 25.6. The Hall–Kier alpha value is -3.44. The lowest BCUT2D eigenvalue weighted by atomic mass is 9.96. The average Bonchev–Trinajstić information content (AvgIpc) is 3.16. The van der Waals surface area contributed by atoms with Gasteiger partial charge < -0.3 is 9.80 Å². The predicted molar refractivity (Wildman–Crippen MR) is 122 cm³/mol. The zero-order valence-corrected chi connectivity index (χ0v) is 19.2. The molecule has 1 fully saturated rings. The predicted octanol–water partition coefficient (Wildman–Crippen LogP) is 3.90. The summed E-state index contributed by atoms with van der Waals surface area (Å²) < 4.78 is 67.3. The summed E-state index contributed by atoms with van der Waals surface area (Å²) in [6.07, 6.45) is -6.68. The van der Waals surface area contributed by atoms with Crippen LogP contribution in [0.4, 0.5) is 27.6 Å². The standard InChI is InChI=1S/C24H24F5N5O2/c25-20(26)13-34-23(36)33-10-9-31(14-21(33)30-34)19-5-1-3-15-11-16(6-7-18(15)19)22(35)32-8-2-4-17(12-32)24(27,28)29/h1,3,5-7,11,17,20H,2,4,8-10,12-14H2/t17-/m0/s1. The number of alkyl halides is 5. The second-order valence-corrected chi connectivity index (χ2v) is 9.19. The molecule has 5 rings (SSSR count). The summed E-state index contributed by atoms with van der Waals surface area (Å²) in [5, 5.41) is 5.64. The van der Waals surface area contributed by atoms with Crippen LogP contribution in [0.15, 0.2) is 41.2 Å². The Kier molecular flexibility index (Phi) is 6.21. The average molecular weight is 509 g/mol. The number of carbonyl (C=O) groups excluding carboxylic acids is 1. The Balaban J connectivity index is 1.39. The maximum absolute atomic E-state index is 13.2. The van der Waals surface area contributed by atoms with E-state index in [-0.39, 0.29) is 26.1 Å². The van der Waals surface area contributed by atoms with E-state index in [1.54, 1.807) is 18.2 Å². The summed E-state index contributed by atoms with van der Waals surface area (Å²) >= 11 is 0. The molecule has 1 atom stereocenters. The Morgan fingerprint density at radius 2 is 1.92 bits per heavy atom. The van der Waals surface area contributed by atoms with E-state index in [1.807, 2.05) is 23.1 Å². The van der Waals surface area contributed by atoms with Gasteiger partial charge in [0.25, 0.3) is 12.3 Å². The van der Waals surface area contributed by atoms with Crippen molar-refractivity contribution in [3.8, 4) is 0 Å². The number of piperidine rings is 1. The fourth-order valence-electron chi connectivity index (χ4n) is 5.04. The fraction of sp³-hybridized carbons (Fsp3) is 0.458. The van der Waals surface area contributed by atoms with Gasteiger partial charge in [-0.25, -0.2) is 18.3 Å². The van der Waals surface area contributed by atoms with Gasteiger partial charge in [0.2, 0.25) is 0 Å². The number of benzene rings is 2. The number of carbonyl (C=O) groups is 1. The highest BCUT2D eigenvalue weighted by Gasteiger charge is 2.42. The fourth-order valence-corrected chi connectivity index (χ4v) is 5.04. The van der Waals surface area contributed by atoms with Gasteiger partial charge in [-0.3, -0.25) is 9.36 Å². The first-order valence-corrected chi connectivity index (χ1v) is 11.7. The molecule has 0 N–H and O–H groups in total. The molecule has 1 aromatic heterocycles. The SMILES string of the molecule is O=C(c1ccc2c(N3CCn4c(nn(CC(F)F)c4=O)C3)cccc2c1)N1CCC[C@H](C(F)(F)F)C1. The molecule has 1 saturated heterocycles. The molecule has 2 aromatic carbocycles. The van der Waals surface area contributed by atoms with Gasteiger partial charge in [0.05, 0.1) is 12.5 Å². The van der Waals surface area contributed by atoms with E-state index >= 15 is 0 Å². The monoisotopic (exact) mass is 509 g/mol. The molecule has 12 heteroatoms. The van der Waals surface area contributed by atoms with Gasteiger partial charge >= 0.3 is 11.9 Å². The minimum Gasteiger partial charge on any atom is -0.362 e. The molecule has 2 aliphatic heterocycles. The molecule has 3 heterocycles. The molecule has 36 heavy (non-hydrogen) atoms. The van der Waals surface area contributed by atoms with Gasteiger partial charge in [0.1, 0.15) is 6.54 Å². The molecule has 0 bridgehead atoms. The molecule has 1 amide bonds. The molecule has 3 aromatic rings. The molecule has 192 valence electrons. The lowest BCUT2D eigenvalue weighted by molar-refractivity contribution is -0.184. The van der Waals surface area contributed by atoms with Gasteiger partial charge in [-0.15, -0.1) is 0 Å². The number of rotatable bonds is 4. The number of anilines is 1. The Labute approximate surface area is 202 Å². The second kappa shape index (κ2) is 9.21. The number of amides is 1. The third-order valence-electron chi connectivity index (χ3n) is 6.85. The van der Waals surface area contributed by atoms with Crippen LogP contribution in [-0.4, -0.2) is 57.4 Å². The number of hydrogen-bond donors (Lipinski definition) is 0. The first kappa shape index (κ1) is 24.3. The van der Waals surface area contributed by atoms with Crippen LogP contribution in [0.1, 0.15) is 29.0 Å². The van der Waals surface area contributed by atoms with Gasteiger partial charge in [-0.2, -0.15) is 18.3 Å². The molecular weight excluding hydrogens is 485 g/mol. The highest BCUT2D eigenvalue weighted by molar-refractivity contribution is 6.02. The minimum atomic E-state index is -4.33. The van der Waals surface area contributed by atoms with Crippen molar-refractivity contribution in [2.45, 2.75) is 45.1 Å². The van der Waals surface area contributed by atoms with E-state index < -0.39 is 36.7 Å². The summed E-state index contributed by atoms with van der Waals surface area (Å²) in [5.41, 5.74) is 0.584. The Bertz CT molecular complexity index is 1350. The summed E-state index contributed by atoms with van der Waals surface area (Å²) in [5.74, 6) is -1.55. The molecular formula is C24H24F5N5O2. The van der Waals surface area contributed by atoms with Crippen molar-refractivity contribution in [3.63, 3.8) is 0 Å². The van der Waals surface area contributed by atoms with Crippen molar-refractivity contribution in [1.29, 1.82) is 0 Å². The maximum Gasteiger partial charge on any atom is 0.393 e. The van der Waals surface area contributed by atoms with Crippen molar-refractivity contribution in [2.24, 2.45) is 5.92 Å². The normalized spacial score (nSPS) is 18.7. The van der Waals surface area contributed by atoms with Crippen molar-refractivity contribution in [1.82, 2.24) is 19.2 Å². The van der Waals surface area contributed by atoms with Gasteiger partial charge in [0.15, 0.2) is 5.82 Å². The lowest BCUT2D eigenvalue weighted by Gasteiger charge is -2.34. The van der Waals surface area contributed by atoms with E-state index in [4.69, 9.17) is 0 Å². The number of likely N-dealkylation sites (tertiary alicyclic amines) is 1. The highest BCUT2D eigenvalue weighted by Crippen LogP contribution is 2.34. The summed E-state index contributed by atoms with van der Waals surface area (Å²) in [7, 11) is 0. The summed E-state index contributed by atoms with van der Waals surface area (Å²) in [4.78, 5) is 28.6. The van der Waals surface area contributed by atoms with Gasteiger partial charge in [-0.1, -0.05) is 18.2 Å². The smallest absolute Gasteiger partial charge is 0.362 e. The number of halogens is 5. The van der Waals surface area contributed by atoms with Crippen LogP contribution in [0.5, 0.6) is 0 Å². The van der Waals surface area contributed by atoms with E-state index in [2.05, 4.69) is 5.10 Å². The molecule has 0 aliphatic carbocycles. The largest absolute Gasteiger partial charge is 0.393 e. The van der Waals surface area contributed by atoms with E-state index in [0.717, 1.165) is 21.1 Å². The third kappa shape index (κ3) is 4.56. The van der Waals surface area contributed by atoms with Crippen LogP contribution in [0.3, 0.4) is 0 Å². The number of aromatic nitrogens is 3. The quantitative estimate of drug-likeness (QED) is 0.501. The maximum atomic E-state index is 13.2. The summed E-state index contributed by atoms with van der Waals surface area (Å²) in [6.45, 7) is 0.188. The van der Waals surface area contributed by atoms with E-state index in [0.29, 0.717) is 30.9 Å². The number of fused-ring (bicyclic) bond motifs is 2.